The van der Waals surface area contributed by atoms with E-state index in [-0.39, 0.29) is 11.5 Å². The van der Waals surface area contributed by atoms with Gasteiger partial charge in [-0.15, -0.1) is 0 Å². The van der Waals surface area contributed by atoms with Crippen molar-refractivity contribution in [3.8, 4) is 0 Å². The Morgan fingerprint density at radius 1 is 1.05 bits per heavy atom. The molecule has 5 heteroatoms. The molecule has 0 radical (unpaired) electrons. The molecule has 0 saturated heterocycles. The summed E-state index contributed by atoms with van der Waals surface area (Å²) in [6.45, 7) is 0.435. The Balaban J connectivity index is 1.89. The molecule has 0 aliphatic carbocycles. The Bertz CT molecular complexity index is 653. The second-order valence-electron chi connectivity index (χ2n) is 4.52. The van der Waals surface area contributed by atoms with E-state index >= 15 is 0 Å². The Labute approximate surface area is 127 Å². The molecule has 0 heterocycles. The Morgan fingerprint density at radius 2 is 1.76 bits per heavy atom. The smallest absolute Gasteiger partial charge is 0.335 e. The summed E-state index contributed by atoms with van der Waals surface area (Å²) in [5.74, 6) is -1.14. The van der Waals surface area contributed by atoms with Gasteiger partial charge in [0.1, 0.15) is 0 Å². The van der Waals surface area contributed by atoms with Crippen LogP contribution in [0, 0.1) is 0 Å². The van der Waals surface area contributed by atoms with Crippen LogP contribution in [0.1, 0.15) is 26.3 Å². The number of rotatable bonds is 5. The van der Waals surface area contributed by atoms with Crippen molar-refractivity contribution in [1.29, 1.82) is 0 Å². The highest BCUT2D eigenvalue weighted by molar-refractivity contribution is 6.30. The summed E-state index contributed by atoms with van der Waals surface area (Å²) >= 11 is 5.76. The maximum absolute atomic E-state index is 11.9. The number of nitrogens with one attached hydrogen (secondary N) is 1. The summed E-state index contributed by atoms with van der Waals surface area (Å²) in [5, 5.41) is 12.3. The zero-order valence-corrected chi connectivity index (χ0v) is 11.9. The average molecular weight is 304 g/mol. The highest BCUT2D eigenvalue weighted by atomic mass is 35.5. The number of aromatic carboxylic acids is 1. The summed E-state index contributed by atoms with van der Waals surface area (Å²) in [5.41, 5.74) is 1.65. The average Bonchev–Trinajstić information content (AvgIpc) is 2.48. The summed E-state index contributed by atoms with van der Waals surface area (Å²) in [4.78, 5) is 22.7. The van der Waals surface area contributed by atoms with Crippen LogP contribution in [0.15, 0.2) is 48.5 Å². The predicted molar refractivity (Wildman–Crippen MR) is 80.9 cm³/mol. The normalized spacial score (nSPS) is 10.1. The summed E-state index contributed by atoms with van der Waals surface area (Å²) in [7, 11) is 0. The maximum atomic E-state index is 11.9. The van der Waals surface area contributed by atoms with Crippen molar-refractivity contribution >= 4 is 23.5 Å². The first kappa shape index (κ1) is 15.1. The van der Waals surface area contributed by atoms with Gasteiger partial charge in [0.25, 0.3) is 5.91 Å². The molecule has 0 atom stereocenters. The molecule has 0 spiro atoms. The van der Waals surface area contributed by atoms with Gasteiger partial charge in [0.2, 0.25) is 0 Å². The second kappa shape index (κ2) is 6.90. The lowest BCUT2D eigenvalue weighted by molar-refractivity contribution is 0.0696. The van der Waals surface area contributed by atoms with Crippen molar-refractivity contribution < 1.29 is 14.7 Å². The number of hydrogen-bond acceptors (Lipinski definition) is 2. The SMILES string of the molecule is O=C(O)c1cccc(CCNC(=O)c2ccc(Cl)cc2)c1. The molecule has 0 aliphatic rings. The highest BCUT2D eigenvalue weighted by Gasteiger charge is 2.06. The first-order chi connectivity index (χ1) is 10.1. The third-order valence-corrected chi connectivity index (χ3v) is 3.23. The van der Waals surface area contributed by atoms with Crippen molar-refractivity contribution in [3.63, 3.8) is 0 Å². The van der Waals surface area contributed by atoms with Crippen LogP contribution in [0.5, 0.6) is 0 Å². The fourth-order valence-electron chi connectivity index (χ4n) is 1.88. The number of carboxylic acid groups (broad SMARTS) is 1. The fraction of sp³-hybridized carbons (Fsp3) is 0.125. The monoisotopic (exact) mass is 303 g/mol. The lowest BCUT2D eigenvalue weighted by Gasteiger charge is -2.06. The molecule has 0 fully saturated rings. The van der Waals surface area contributed by atoms with Crippen molar-refractivity contribution in [1.82, 2.24) is 5.32 Å². The van der Waals surface area contributed by atoms with E-state index in [1.165, 1.54) is 6.07 Å². The first-order valence-electron chi connectivity index (χ1n) is 6.42. The molecule has 2 N–H and O–H groups in total. The van der Waals surface area contributed by atoms with Gasteiger partial charge < -0.3 is 10.4 Å². The zero-order chi connectivity index (χ0) is 15.2. The van der Waals surface area contributed by atoms with Gasteiger partial charge >= 0.3 is 5.97 Å². The number of halogens is 1. The Hall–Kier alpha value is -2.33. The van der Waals surface area contributed by atoms with Crippen LogP contribution in [-0.4, -0.2) is 23.5 Å². The van der Waals surface area contributed by atoms with Gasteiger partial charge in [0.05, 0.1) is 5.56 Å². The molecule has 1 amide bonds. The van der Waals surface area contributed by atoms with Crippen LogP contribution in [0.25, 0.3) is 0 Å². The molecule has 4 nitrogen and oxygen atoms in total. The van der Waals surface area contributed by atoms with E-state index in [0.717, 1.165) is 5.56 Å². The summed E-state index contributed by atoms with van der Waals surface area (Å²) in [6.07, 6.45) is 0.570. The summed E-state index contributed by atoms with van der Waals surface area (Å²) in [6, 6.07) is 13.3. The van der Waals surface area contributed by atoms with Crippen molar-refractivity contribution in [2.45, 2.75) is 6.42 Å². The van der Waals surface area contributed by atoms with Gasteiger partial charge in [0.15, 0.2) is 0 Å². The zero-order valence-electron chi connectivity index (χ0n) is 11.2. The van der Waals surface area contributed by atoms with Crippen LogP contribution in [0.4, 0.5) is 0 Å². The molecule has 21 heavy (non-hydrogen) atoms. The van der Waals surface area contributed by atoms with Crippen LogP contribution in [-0.2, 0) is 6.42 Å². The van der Waals surface area contributed by atoms with Crippen molar-refractivity contribution in [3.05, 3.63) is 70.2 Å². The molecule has 108 valence electrons. The van der Waals surface area contributed by atoms with Gasteiger partial charge in [-0.05, 0) is 48.4 Å². The van der Waals surface area contributed by atoms with Gasteiger partial charge in [0, 0.05) is 17.1 Å². The third kappa shape index (κ3) is 4.33. The van der Waals surface area contributed by atoms with Crippen molar-refractivity contribution in [2.75, 3.05) is 6.54 Å². The van der Waals surface area contributed by atoms with E-state index in [4.69, 9.17) is 16.7 Å². The molecular formula is C16H14ClNO3. The molecule has 0 aliphatic heterocycles. The number of amides is 1. The van der Waals surface area contributed by atoms with Crippen LogP contribution in [0.2, 0.25) is 5.02 Å². The quantitative estimate of drug-likeness (QED) is 0.892. The number of carbonyl (C=O) groups is 2. The van der Waals surface area contributed by atoms with Crippen LogP contribution >= 0.6 is 11.6 Å². The largest absolute Gasteiger partial charge is 0.478 e. The second-order valence-corrected chi connectivity index (χ2v) is 4.95. The number of hydrogen-bond donors (Lipinski definition) is 2. The number of carbonyl (C=O) groups excluding carboxylic acids is 1. The fourth-order valence-corrected chi connectivity index (χ4v) is 2.01. The lowest BCUT2D eigenvalue weighted by atomic mass is 10.1. The number of carboxylic acids is 1. The highest BCUT2D eigenvalue weighted by Crippen LogP contribution is 2.09. The minimum absolute atomic E-state index is 0.180. The molecule has 0 saturated carbocycles. The standard InChI is InChI=1S/C16H14ClNO3/c17-14-6-4-12(5-7-14)15(19)18-9-8-11-2-1-3-13(10-11)16(20)21/h1-7,10H,8-9H2,(H,18,19)(H,20,21). The van der Waals surface area contributed by atoms with Crippen LogP contribution < -0.4 is 5.32 Å². The minimum atomic E-state index is -0.956. The molecule has 2 aromatic carbocycles. The molecule has 0 unspecified atom stereocenters. The number of benzene rings is 2. The van der Waals surface area contributed by atoms with E-state index in [9.17, 15) is 9.59 Å². The molecule has 2 rings (SSSR count). The molecule has 2 aromatic rings. The Kier molecular flexibility index (Phi) is 4.95. The minimum Gasteiger partial charge on any atom is -0.478 e. The van der Waals surface area contributed by atoms with Crippen LogP contribution in [0.3, 0.4) is 0 Å². The Morgan fingerprint density at radius 3 is 2.43 bits per heavy atom. The third-order valence-electron chi connectivity index (χ3n) is 2.98. The van der Waals surface area contributed by atoms with E-state index in [1.54, 1.807) is 36.4 Å². The van der Waals surface area contributed by atoms with Gasteiger partial charge in [-0.3, -0.25) is 4.79 Å². The topological polar surface area (TPSA) is 66.4 Å². The first-order valence-corrected chi connectivity index (χ1v) is 6.80. The lowest BCUT2D eigenvalue weighted by Crippen LogP contribution is -2.25. The molecule has 0 bridgehead atoms. The van der Waals surface area contributed by atoms with Gasteiger partial charge in [-0.25, -0.2) is 4.79 Å². The molecular weight excluding hydrogens is 290 g/mol. The predicted octanol–water partition coefficient (Wildman–Crippen LogP) is 3.01. The van der Waals surface area contributed by atoms with E-state index in [1.807, 2.05) is 6.07 Å². The molecule has 0 aromatic heterocycles. The van der Waals surface area contributed by atoms with E-state index in [2.05, 4.69) is 5.32 Å². The van der Waals surface area contributed by atoms with E-state index in [0.29, 0.717) is 23.6 Å². The maximum Gasteiger partial charge on any atom is 0.335 e. The summed E-state index contributed by atoms with van der Waals surface area (Å²) < 4.78 is 0. The van der Waals surface area contributed by atoms with E-state index < -0.39 is 5.97 Å². The van der Waals surface area contributed by atoms with Crippen molar-refractivity contribution in [2.24, 2.45) is 0 Å². The van der Waals surface area contributed by atoms with Gasteiger partial charge in [-0.2, -0.15) is 0 Å². The van der Waals surface area contributed by atoms with Gasteiger partial charge in [-0.1, -0.05) is 23.7 Å².